The summed E-state index contributed by atoms with van der Waals surface area (Å²) >= 11 is 15.1. The Kier molecular flexibility index (Phi) is 15.9. The molecule has 0 saturated heterocycles. The number of alkyl halides is 1. The SMILES string of the molecule is COc1ccc(CBr)c(F)c1-c1cccc(Cl)c1.COc1ccc(CC#N)c(F)c1-c1cccc(Cl)c1.[C-]#N.[Na+]. The summed E-state index contributed by atoms with van der Waals surface area (Å²) in [6.45, 7) is 4.75. The number of methoxy groups -OCH3 is 2. The first-order chi connectivity index (χ1) is 18.8. The number of hydrogen-bond acceptors (Lipinski definition) is 4. The van der Waals surface area contributed by atoms with E-state index in [4.69, 9.17) is 49.8 Å². The molecule has 0 bridgehead atoms. The van der Waals surface area contributed by atoms with Crippen LogP contribution in [0, 0.1) is 34.8 Å². The average molecular weight is 654 g/mol. The van der Waals surface area contributed by atoms with Gasteiger partial charge in [-0.1, -0.05) is 75.5 Å². The van der Waals surface area contributed by atoms with Gasteiger partial charge in [-0.05, 0) is 53.1 Å². The van der Waals surface area contributed by atoms with Gasteiger partial charge in [0, 0.05) is 20.9 Å². The van der Waals surface area contributed by atoms with Crippen molar-refractivity contribution in [3.8, 4) is 39.8 Å². The van der Waals surface area contributed by atoms with Crippen LogP contribution >= 0.6 is 39.1 Å². The van der Waals surface area contributed by atoms with Gasteiger partial charge < -0.3 is 21.3 Å². The smallest absolute Gasteiger partial charge is 0.512 e. The number of nitriles is 1. The quantitative estimate of drug-likeness (QED) is 0.138. The van der Waals surface area contributed by atoms with Gasteiger partial charge in [0.25, 0.3) is 0 Å². The van der Waals surface area contributed by atoms with E-state index in [2.05, 4.69) is 15.9 Å². The maximum atomic E-state index is 14.5. The van der Waals surface area contributed by atoms with Crippen molar-refractivity contribution in [1.82, 2.24) is 0 Å². The zero-order valence-electron chi connectivity index (χ0n) is 21.9. The van der Waals surface area contributed by atoms with Crippen molar-refractivity contribution < 1.29 is 47.8 Å². The van der Waals surface area contributed by atoms with Crippen LogP contribution in [0.2, 0.25) is 10.0 Å². The zero-order chi connectivity index (χ0) is 28.9. The molecule has 0 saturated carbocycles. The molecule has 4 aromatic rings. The molecule has 0 aliphatic rings. The number of benzene rings is 4. The molecule has 40 heavy (non-hydrogen) atoms. The summed E-state index contributed by atoms with van der Waals surface area (Å²) in [5.74, 6) is 0.192. The first-order valence-electron chi connectivity index (χ1n) is 11.2. The van der Waals surface area contributed by atoms with E-state index in [1.165, 1.54) is 14.2 Å². The topological polar surface area (TPSA) is 66.0 Å². The van der Waals surface area contributed by atoms with Crippen molar-refractivity contribution in [2.75, 3.05) is 14.2 Å². The van der Waals surface area contributed by atoms with Crippen molar-refractivity contribution in [2.24, 2.45) is 0 Å². The van der Waals surface area contributed by atoms with E-state index in [0.717, 1.165) is 0 Å². The Morgan fingerprint density at radius 1 is 0.775 bits per heavy atom. The normalized spacial score (nSPS) is 9.50. The average Bonchev–Trinajstić information content (AvgIpc) is 2.95. The van der Waals surface area contributed by atoms with Gasteiger partial charge in [0.2, 0.25) is 0 Å². The Labute approximate surface area is 273 Å². The van der Waals surface area contributed by atoms with Crippen LogP contribution in [0.5, 0.6) is 11.5 Å². The molecule has 4 rings (SSSR count). The predicted octanol–water partition coefficient (Wildman–Crippen LogP) is 6.37. The Balaban J connectivity index is 0.000000368. The number of rotatable bonds is 6. The summed E-state index contributed by atoms with van der Waals surface area (Å²) in [7, 11) is 3.00. The number of ether oxygens (including phenoxy) is 2. The monoisotopic (exact) mass is 652 g/mol. The molecule has 0 unspecified atom stereocenters. The summed E-state index contributed by atoms with van der Waals surface area (Å²) in [5, 5.41) is 16.5. The molecule has 0 amide bonds. The van der Waals surface area contributed by atoms with Gasteiger partial charge in [0.05, 0.1) is 37.8 Å². The maximum Gasteiger partial charge on any atom is 1.00 e. The second-order valence-electron chi connectivity index (χ2n) is 7.72. The molecule has 0 N–H and O–H groups in total. The molecule has 0 aliphatic carbocycles. The molecule has 0 fully saturated rings. The van der Waals surface area contributed by atoms with Gasteiger partial charge in [-0.15, -0.1) is 0 Å². The fourth-order valence-electron chi connectivity index (χ4n) is 3.69. The second kappa shape index (κ2) is 17.9. The van der Waals surface area contributed by atoms with E-state index in [0.29, 0.717) is 60.3 Å². The van der Waals surface area contributed by atoms with Gasteiger partial charge in [-0.2, -0.15) is 5.26 Å². The summed E-state index contributed by atoms with van der Waals surface area (Å²) in [6.07, 6.45) is 0.0173. The molecule has 0 atom stereocenters. The predicted molar refractivity (Wildman–Crippen MR) is 154 cm³/mol. The first kappa shape index (κ1) is 35.4. The third-order valence-electron chi connectivity index (χ3n) is 5.45. The van der Waals surface area contributed by atoms with Crippen LogP contribution in [-0.2, 0) is 11.8 Å². The summed E-state index contributed by atoms with van der Waals surface area (Å²) in [4.78, 5) is 0. The molecule has 0 aromatic heterocycles. The van der Waals surface area contributed by atoms with E-state index in [-0.39, 0.29) is 41.8 Å². The van der Waals surface area contributed by atoms with E-state index >= 15 is 0 Å². The second-order valence-corrected chi connectivity index (χ2v) is 9.15. The van der Waals surface area contributed by atoms with Crippen LogP contribution in [0.3, 0.4) is 0 Å². The summed E-state index contributed by atoms with van der Waals surface area (Å²) in [6, 6.07) is 22.6. The Morgan fingerprint density at radius 3 is 1.57 bits per heavy atom. The van der Waals surface area contributed by atoms with Crippen LogP contribution in [0.15, 0.2) is 72.8 Å². The molecule has 4 nitrogen and oxygen atoms in total. The van der Waals surface area contributed by atoms with E-state index in [9.17, 15) is 8.78 Å². The van der Waals surface area contributed by atoms with Crippen LogP contribution in [0.1, 0.15) is 11.1 Å². The van der Waals surface area contributed by atoms with E-state index in [1.807, 2.05) is 12.1 Å². The standard InChI is InChI=1S/C15H11ClFNO.C14H11BrClFO.CN.Na/c1-19-13-6-5-10(7-8-18)15(17)14(13)11-3-2-4-12(16)9-11;1-18-12-6-5-10(8-15)14(17)13(12)9-3-2-4-11(16)7-9;1-2;/h2-6,9H,7H2,1H3;2-7H,8H2,1H3;;/q;;-1;+1. The van der Waals surface area contributed by atoms with Crippen LogP contribution < -0.4 is 39.0 Å². The third-order valence-corrected chi connectivity index (χ3v) is 6.52. The van der Waals surface area contributed by atoms with Crippen molar-refractivity contribution >= 4 is 39.1 Å². The summed E-state index contributed by atoms with van der Waals surface area (Å²) < 4.78 is 39.2. The Hall–Kier alpha value is -2.62. The van der Waals surface area contributed by atoms with E-state index in [1.54, 1.807) is 66.7 Å². The molecule has 0 spiro atoms. The van der Waals surface area contributed by atoms with Crippen molar-refractivity contribution in [2.45, 2.75) is 11.8 Å². The minimum Gasteiger partial charge on any atom is -0.512 e. The van der Waals surface area contributed by atoms with Gasteiger partial charge in [0.15, 0.2) is 0 Å². The largest absolute Gasteiger partial charge is 1.00 e. The van der Waals surface area contributed by atoms with Crippen molar-refractivity contribution in [3.63, 3.8) is 0 Å². The van der Waals surface area contributed by atoms with Gasteiger partial charge >= 0.3 is 29.6 Å². The molecule has 4 aromatic carbocycles. The first-order valence-corrected chi connectivity index (χ1v) is 13.1. The maximum absolute atomic E-state index is 14.5. The van der Waals surface area contributed by atoms with Crippen molar-refractivity contribution in [1.29, 1.82) is 10.5 Å². The molecule has 10 heteroatoms. The molecule has 0 aliphatic heterocycles. The molecule has 0 radical (unpaired) electrons. The number of halogens is 5. The number of nitrogens with zero attached hydrogens (tertiary/aromatic N) is 2. The zero-order valence-corrected chi connectivity index (χ0v) is 27.0. The van der Waals surface area contributed by atoms with Gasteiger partial charge in [-0.3, -0.25) is 0 Å². The van der Waals surface area contributed by atoms with Crippen LogP contribution in [0.4, 0.5) is 8.78 Å². The van der Waals surface area contributed by atoms with Crippen molar-refractivity contribution in [3.05, 3.63) is 112 Å². The molecular weight excluding hydrogens is 632 g/mol. The minimum atomic E-state index is -0.442. The molecule has 0 heterocycles. The molecular formula is C30H22BrCl2F2N2NaO2. The summed E-state index contributed by atoms with van der Waals surface area (Å²) in [5.41, 5.74) is 3.04. The minimum absolute atomic E-state index is 0. The Morgan fingerprint density at radius 2 is 1.20 bits per heavy atom. The number of hydrogen-bond donors (Lipinski definition) is 0. The Bertz CT molecular complexity index is 1500. The molecule has 200 valence electrons. The van der Waals surface area contributed by atoms with E-state index < -0.39 is 5.82 Å². The van der Waals surface area contributed by atoms with Crippen LogP contribution in [-0.4, -0.2) is 14.2 Å². The fourth-order valence-corrected chi connectivity index (χ4v) is 4.51. The van der Waals surface area contributed by atoms with Gasteiger partial charge in [0.1, 0.15) is 23.1 Å². The van der Waals surface area contributed by atoms with Gasteiger partial charge in [-0.25, -0.2) is 8.78 Å². The van der Waals surface area contributed by atoms with Crippen LogP contribution in [0.25, 0.3) is 22.3 Å². The third kappa shape index (κ3) is 8.94. The fraction of sp³-hybridized carbons (Fsp3) is 0.133.